The van der Waals surface area contributed by atoms with Crippen LogP contribution >= 0.6 is 0 Å². The van der Waals surface area contributed by atoms with Gasteiger partial charge in [0, 0.05) is 46.3 Å². The Balaban J connectivity index is 1.34. The fourth-order valence-electron chi connectivity index (χ4n) is 5.33. The highest BCUT2D eigenvalue weighted by Crippen LogP contribution is 2.40. The van der Waals surface area contributed by atoms with Crippen LogP contribution in [0.2, 0.25) is 0 Å². The third kappa shape index (κ3) is 7.10. The maximum Gasteiger partial charge on any atom is 0.129 e. The van der Waals surface area contributed by atoms with Gasteiger partial charge in [0.25, 0.3) is 0 Å². The van der Waals surface area contributed by atoms with Crippen molar-refractivity contribution >= 4 is 34.1 Å². The van der Waals surface area contributed by atoms with Gasteiger partial charge in [-0.3, -0.25) is 0 Å². The molecule has 0 aliphatic rings. The molecule has 0 saturated heterocycles. The molecule has 0 aliphatic heterocycles. The van der Waals surface area contributed by atoms with Gasteiger partial charge in [0.05, 0.1) is 28.4 Å². The molecule has 0 aromatic heterocycles. The molecule has 0 fully saturated rings. The largest absolute Gasteiger partial charge is 0.497 e. The summed E-state index contributed by atoms with van der Waals surface area (Å²) in [6.45, 7) is 0. The third-order valence-corrected chi connectivity index (χ3v) is 7.71. The minimum absolute atomic E-state index is 0.701. The Kier molecular flexibility index (Phi) is 9.44. The number of nitrogens with zero attached hydrogens (tertiary/aromatic N) is 2. The van der Waals surface area contributed by atoms with Gasteiger partial charge in [0.2, 0.25) is 0 Å². The number of benzene rings is 6. The molecule has 7 heteroatoms. The molecule has 6 rings (SSSR count). The third-order valence-electron chi connectivity index (χ3n) is 7.71. The maximum absolute atomic E-state index is 6.52. The molecule has 0 spiro atoms. The number of methoxy groups -OCH3 is 4. The van der Waals surface area contributed by atoms with Gasteiger partial charge in [-0.25, -0.2) is 0 Å². The van der Waals surface area contributed by atoms with Crippen molar-refractivity contribution < 1.29 is 23.7 Å². The van der Waals surface area contributed by atoms with Gasteiger partial charge in [-0.05, 0) is 121 Å². The summed E-state index contributed by atoms with van der Waals surface area (Å²) in [6, 6.07) is 48.0. The zero-order valence-corrected chi connectivity index (χ0v) is 26.8. The standard InChI is InChI=1S/C40H36N2O5/c1-43-35-19-11-29(12-20-35)41(30-13-21-36(44-2)22-14-30)33-7-5-9-39(27-33)47-40-10-6-8-34(28-40)42(31-15-23-37(45-3)24-16-31)32-17-25-38(46-4)26-18-32/h5-28H,1-4H3. The highest BCUT2D eigenvalue weighted by molar-refractivity contribution is 5.79. The van der Waals surface area contributed by atoms with Crippen molar-refractivity contribution in [2.45, 2.75) is 0 Å². The first kappa shape index (κ1) is 30.9. The van der Waals surface area contributed by atoms with Crippen molar-refractivity contribution in [2.24, 2.45) is 0 Å². The molecule has 47 heavy (non-hydrogen) atoms. The van der Waals surface area contributed by atoms with Crippen LogP contribution < -0.4 is 33.5 Å². The van der Waals surface area contributed by atoms with Gasteiger partial charge in [0.15, 0.2) is 0 Å². The number of ether oxygens (including phenoxy) is 5. The Morgan fingerprint density at radius 2 is 0.574 bits per heavy atom. The van der Waals surface area contributed by atoms with Gasteiger partial charge in [-0.1, -0.05) is 12.1 Å². The number of hydrogen-bond acceptors (Lipinski definition) is 7. The van der Waals surface area contributed by atoms with Crippen LogP contribution in [0.3, 0.4) is 0 Å². The zero-order valence-electron chi connectivity index (χ0n) is 26.8. The van der Waals surface area contributed by atoms with E-state index in [9.17, 15) is 0 Å². The van der Waals surface area contributed by atoms with Crippen molar-refractivity contribution in [2.75, 3.05) is 38.2 Å². The molecule has 0 atom stereocenters. The normalized spacial score (nSPS) is 10.6. The summed E-state index contributed by atoms with van der Waals surface area (Å²) in [4.78, 5) is 4.33. The smallest absolute Gasteiger partial charge is 0.129 e. The molecule has 0 heterocycles. The summed E-state index contributed by atoms with van der Waals surface area (Å²) in [5.41, 5.74) is 5.78. The Bertz CT molecular complexity index is 1660. The lowest BCUT2D eigenvalue weighted by molar-refractivity contribution is 0.414. The highest BCUT2D eigenvalue weighted by Gasteiger charge is 2.16. The van der Waals surface area contributed by atoms with Crippen LogP contribution in [0.1, 0.15) is 0 Å². The van der Waals surface area contributed by atoms with Crippen LogP contribution in [0.25, 0.3) is 0 Å². The first-order valence-corrected chi connectivity index (χ1v) is 15.1. The van der Waals surface area contributed by atoms with E-state index in [1.54, 1.807) is 28.4 Å². The molecule has 6 aromatic rings. The van der Waals surface area contributed by atoms with Gasteiger partial charge >= 0.3 is 0 Å². The fourth-order valence-corrected chi connectivity index (χ4v) is 5.33. The van der Waals surface area contributed by atoms with E-state index in [1.165, 1.54) is 0 Å². The average molecular weight is 625 g/mol. The molecule has 0 amide bonds. The average Bonchev–Trinajstić information content (AvgIpc) is 3.13. The van der Waals surface area contributed by atoms with E-state index in [0.29, 0.717) is 11.5 Å². The summed E-state index contributed by atoms with van der Waals surface area (Å²) in [5, 5.41) is 0. The molecular formula is C40H36N2O5. The molecule has 0 aliphatic carbocycles. The summed E-state index contributed by atoms with van der Waals surface area (Å²) in [6.07, 6.45) is 0. The summed E-state index contributed by atoms with van der Waals surface area (Å²) in [7, 11) is 6.66. The molecule has 6 aromatic carbocycles. The molecule has 0 unspecified atom stereocenters. The van der Waals surface area contributed by atoms with Crippen LogP contribution in [0, 0.1) is 0 Å². The van der Waals surface area contributed by atoms with Gasteiger partial charge in [0.1, 0.15) is 34.5 Å². The summed E-state index contributed by atoms with van der Waals surface area (Å²) >= 11 is 0. The number of anilines is 6. The van der Waals surface area contributed by atoms with E-state index >= 15 is 0 Å². The van der Waals surface area contributed by atoms with E-state index in [4.69, 9.17) is 23.7 Å². The Labute approximate surface area is 275 Å². The van der Waals surface area contributed by atoms with Gasteiger partial charge in [-0.15, -0.1) is 0 Å². The van der Waals surface area contributed by atoms with Crippen LogP contribution in [-0.2, 0) is 0 Å². The Hall–Kier alpha value is -6.08. The predicted octanol–water partition coefficient (Wildman–Crippen LogP) is 10.5. The molecule has 0 N–H and O–H groups in total. The first-order valence-electron chi connectivity index (χ1n) is 15.1. The SMILES string of the molecule is COc1ccc(N(c2ccc(OC)cc2)c2cccc(Oc3cccc(N(c4ccc(OC)cc4)c4ccc(OC)cc4)c3)c2)cc1. The van der Waals surface area contributed by atoms with Crippen molar-refractivity contribution in [3.05, 3.63) is 146 Å². The second-order valence-electron chi connectivity index (χ2n) is 10.6. The number of hydrogen-bond donors (Lipinski definition) is 0. The zero-order chi connectivity index (χ0) is 32.6. The Morgan fingerprint density at radius 3 is 0.830 bits per heavy atom. The molecule has 7 nitrogen and oxygen atoms in total. The fraction of sp³-hybridized carbons (Fsp3) is 0.100. The maximum atomic E-state index is 6.52. The van der Waals surface area contributed by atoms with Crippen LogP contribution in [0.4, 0.5) is 34.1 Å². The van der Waals surface area contributed by atoms with E-state index < -0.39 is 0 Å². The second-order valence-corrected chi connectivity index (χ2v) is 10.6. The highest BCUT2D eigenvalue weighted by atomic mass is 16.5. The lowest BCUT2D eigenvalue weighted by Crippen LogP contribution is -2.10. The minimum Gasteiger partial charge on any atom is -0.497 e. The van der Waals surface area contributed by atoms with Gasteiger partial charge < -0.3 is 33.5 Å². The minimum atomic E-state index is 0.701. The lowest BCUT2D eigenvalue weighted by atomic mass is 10.1. The summed E-state index contributed by atoms with van der Waals surface area (Å²) in [5.74, 6) is 4.56. The molecule has 0 saturated carbocycles. The van der Waals surface area contributed by atoms with Crippen molar-refractivity contribution in [1.82, 2.24) is 0 Å². The Morgan fingerprint density at radius 1 is 0.298 bits per heavy atom. The topological polar surface area (TPSA) is 52.6 Å². The first-order chi connectivity index (χ1) is 23.1. The molecular weight excluding hydrogens is 588 g/mol. The van der Waals surface area contributed by atoms with E-state index in [1.807, 2.05) is 133 Å². The van der Waals surface area contributed by atoms with Crippen molar-refractivity contribution in [3.8, 4) is 34.5 Å². The van der Waals surface area contributed by atoms with Crippen LogP contribution in [0.5, 0.6) is 34.5 Å². The van der Waals surface area contributed by atoms with Crippen molar-refractivity contribution in [3.63, 3.8) is 0 Å². The number of rotatable bonds is 12. The van der Waals surface area contributed by atoms with Crippen molar-refractivity contribution in [1.29, 1.82) is 0 Å². The monoisotopic (exact) mass is 624 g/mol. The molecule has 236 valence electrons. The van der Waals surface area contributed by atoms with Crippen LogP contribution in [0.15, 0.2) is 146 Å². The van der Waals surface area contributed by atoms with E-state index in [2.05, 4.69) is 21.9 Å². The predicted molar refractivity (Wildman–Crippen MR) is 189 cm³/mol. The lowest BCUT2D eigenvalue weighted by Gasteiger charge is -2.27. The van der Waals surface area contributed by atoms with E-state index in [0.717, 1.165) is 57.1 Å². The molecule has 0 bridgehead atoms. The molecule has 0 radical (unpaired) electrons. The summed E-state index contributed by atoms with van der Waals surface area (Å²) < 4.78 is 28.2. The van der Waals surface area contributed by atoms with Crippen LogP contribution in [-0.4, -0.2) is 28.4 Å². The second kappa shape index (κ2) is 14.3. The van der Waals surface area contributed by atoms with E-state index in [-0.39, 0.29) is 0 Å². The van der Waals surface area contributed by atoms with Gasteiger partial charge in [-0.2, -0.15) is 0 Å². The quantitative estimate of drug-likeness (QED) is 0.134.